The van der Waals surface area contributed by atoms with Crippen LogP contribution in [0.15, 0.2) is 224 Å². The van der Waals surface area contributed by atoms with Crippen LogP contribution in [0.25, 0.3) is 87.7 Å². The zero-order valence-electron chi connectivity index (χ0n) is 33.6. The number of rotatable bonds is 7. The molecule has 0 bridgehead atoms. The topological polar surface area (TPSA) is 38.7 Å². The molecule has 2 heterocycles. The number of fused-ring (bicyclic) bond motifs is 6. The Morgan fingerprint density at radius 2 is 0.726 bits per heavy atom. The summed E-state index contributed by atoms with van der Waals surface area (Å²) >= 11 is 1.83. The number of benzene rings is 9. The van der Waals surface area contributed by atoms with Crippen molar-refractivity contribution in [3.63, 3.8) is 0 Å². The molecule has 1 aliphatic rings. The van der Waals surface area contributed by atoms with Gasteiger partial charge in [-0.2, -0.15) is 0 Å². The smallest absolute Gasteiger partial charge is 0.164 e. The molecule has 0 saturated heterocycles. The number of thiophene rings is 1. The number of hydrogen-bond donors (Lipinski definition) is 0. The summed E-state index contributed by atoms with van der Waals surface area (Å²) in [5.74, 6) is 1.92. The molecule has 0 radical (unpaired) electrons. The largest absolute Gasteiger partial charge is 0.208 e. The van der Waals surface area contributed by atoms with Gasteiger partial charge in [0.15, 0.2) is 17.5 Å². The molecule has 11 aromatic rings. The van der Waals surface area contributed by atoms with E-state index >= 15 is 0 Å². The van der Waals surface area contributed by atoms with E-state index in [9.17, 15) is 0 Å². The monoisotopic (exact) mass is 807 g/mol. The predicted molar refractivity (Wildman–Crippen MR) is 257 cm³/mol. The van der Waals surface area contributed by atoms with E-state index in [0.717, 1.165) is 27.8 Å². The first-order valence-electron chi connectivity index (χ1n) is 21.0. The maximum absolute atomic E-state index is 5.23. The lowest BCUT2D eigenvalue weighted by atomic mass is 9.67. The first-order valence-corrected chi connectivity index (χ1v) is 21.8. The van der Waals surface area contributed by atoms with Crippen molar-refractivity contribution in [3.8, 4) is 67.5 Å². The molecule has 0 atom stereocenters. The van der Waals surface area contributed by atoms with Crippen LogP contribution in [-0.2, 0) is 5.41 Å². The molecule has 1 aliphatic carbocycles. The van der Waals surface area contributed by atoms with Crippen molar-refractivity contribution in [3.05, 3.63) is 247 Å². The molecule has 9 aromatic carbocycles. The van der Waals surface area contributed by atoms with E-state index in [2.05, 4.69) is 206 Å². The third-order valence-corrected chi connectivity index (χ3v) is 13.6. The molecule has 0 N–H and O–H groups in total. The zero-order valence-corrected chi connectivity index (χ0v) is 34.4. The molecule has 290 valence electrons. The fourth-order valence-corrected chi connectivity index (χ4v) is 10.6. The summed E-state index contributed by atoms with van der Waals surface area (Å²) in [5.41, 5.74) is 14.7. The van der Waals surface area contributed by atoms with Crippen LogP contribution in [0, 0.1) is 0 Å². The lowest BCUT2D eigenvalue weighted by molar-refractivity contribution is 0.770. The molecule has 0 saturated carbocycles. The highest BCUT2D eigenvalue weighted by atomic mass is 32.1. The van der Waals surface area contributed by atoms with E-state index in [4.69, 9.17) is 15.0 Å². The Hall–Kier alpha value is -7.79. The minimum absolute atomic E-state index is 0.473. The molecular weight excluding hydrogens is 771 g/mol. The van der Waals surface area contributed by atoms with Gasteiger partial charge in [0, 0.05) is 36.9 Å². The van der Waals surface area contributed by atoms with Crippen molar-refractivity contribution in [2.45, 2.75) is 5.41 Å². The van der Waals surface area contributed by atoms with Crippen LogP contribution >= 0.6 is 11.3 Å². The van der Waals surface area contributed by atoms with Crippen molar-refractivity contribution in [1.29, 1.82) is 0 Å². The Labute approximate surface area is 364 Å². The average Bonchev–Trinajstić information content (AvgIpc) is 3.88. The second-order valence-electron chi connectivity index (χ2n) is 15.9. The highest BCUT2D eigenvalue weighted by Crippen LogP contribution is 2.56. The van der Waals surface area contributed by atoms with Crippen molar-refractivity contribution < 1.29 is 0 Å². The van der Waals surface area contributed by atoms with Crippen LogP contribution in [0.2, 0.25) is 0 Å². The number of nitrogens with zero attached hydrogens (tertiary/aromatic N) is 3. The Balaban J connectivity index is 1.01. The quantitative estimate of drug-likeness (QED) is 0.161. The average molecular weight is 808 g/mol. The molecule has 2 aromatic heterocycles. The van der Waals surface area contributed by atoms with Crippen molar-refractivity contribution in [2.24, 2.45) is 0 Å². The minimum Gasteiger partial charge on any atom is -0.208 e. The van der Waals surface area contributed by atoms with E-state index in [-0.39, 0.29) is 0 Å². The summed E-state index contributed by atoms with van der Waals surface area (Å²) in [6, 6.07) is 80.6. The van der Waals surface area contributed by atoms with E-state index in [1.165, 1.54) is 64.7 Å². The molecule has 0 fully saturated rings. The van der Waals surface area contributed by atoms with Gasteiger partial charge >= 0.3 is 0 Å². The van der Waals surface area contributed by atoms with Gasteiger partial charge in [-0.1, -0.05) is 182 Å². The molecule has 0 spiro atoms. The normalized spacial score (nSPS) is 12.6. The third kappa shape index (κ3) is 5.91. The van der Waals surface area contributed by atoms with Crippen LogP contribution in [0.4, 0.5) is 0 Å². The maximum atomic E-state index is 5.23. The van der Waals surface area contributed by atoms with E-state index in [0.29, 0.717) is 17.5 Å². The molecular formula is C58H37N3S. The lowest BCUT2D eigenvalue weighted by Gasteiger charge is -2.34. The Kier molecular flexibility index (Phi) is 8.58. The lowest BCUT2D eigenvalue weighted by Crippen LogP contribution is -2.28. The molecule has 12 rings (SSSR count). The molecule has 0 aliphatic heterocycles. The SMILES string of the molecule is c1ccc(-c2cccc(-c3cccc(-c4nc(-c5ccccc5)nc(-c5ccc6sc7ccc(C8(c9ccccc9)c9ccccc9-c9ccccc98)cc7c6c5)n4)c3)c2)cc1. The third-order valence-electron chi connectivity index (χ3n) is 12.4. The van der Waals surface area contributed by atoms with Crippen LogP contribution in [0.3, 0.4) is 0 Å². The minimum atomic E-state index is -0.473. The van der Waals surface area contributed by atoms with Crippen LogP contribution < -0.4 is 0 Å². The summed E-state index contributed by atoms with van der Waals surface area (Å²) in [4.78, 5) is 15.5. The Morgan fingerprint density at radius 1 is 0.290 bits per heavy atom. The highest BCUT2D eigenvalue weighted by Gasteiger charge is 2.46. The van der Waals surface area contributed by atoms with E-state index < -0.39 is 5.41 Å². The van der Waals surface area contributed by atoms with Crippen LogP contribution in [-0.4, -0.2) is 15.0 Å². The molecule has 3 nitrogen and oxygen atoms in total. The van der Waals surface area contributed by atoms with Gasteiger partial charge in [-0.25, -0.2) is 15.0 Å². The molecule has 0 unspecified atom stereocenters. The van der Waals surface area contributed by atoms with Gasteiger partial charge in [0.05, 0.1) is 5.41 Å². The van der Waals surface area contributed by atoms with Gasteiger partial charge in [-0.15, -0.1) is 11.3 Å². The first kappa shape index (κ1) is 36.1. The van der Waals surface area contributed by atoms with Gasteiger partial charge in [-0.3, -0.25) is 0 Å². The van der Waals surface area contributed by atoms with E-state index in [1.54, 1.807) is 0 Å². The van der Waals surface area contributed by atoms with Crippen molar-refractivity contribution in [1.82, 2.24) is 15.0 Å². The standard InChI is InChI=1S/C58H37N3S/c1-4-16-38(17-5-1)40-20-14-21-41(34-40)42-22-15-23-43(35-42)56-59-55(39-18-6-2-7-19-39)60-57(61-56)44-30-32-53-49(36-44)50-37-46(31-33-54(50)62-53)58(45-24-8-3-9-25-45)51-28-12-10-26-47(51)48-27-11-13-29-52(48)58/h1-37H. The fraction of sp³-hybridized carbons (Fsp3) is 0.0172. The van der Waals surface area contributed by atoms with Gasteiger partial charge in [0.1, 0.15) is 0 Å². The molecule has 62 heavy (non-hydrogen) atoms. The van der Waals surface area contributed by atoms with Gasteiger partial charge in [0.25, 0.3) is 0 Å². The summed E-state index contributed by atoms with van der Waals surface area (Å²) < 4.78 is 2.48. The van der Waals surface area contributed by atoms with E-state index in [1.807, 2.05) is 29.5 Å². The summed E-state index contributed by atoms with van der Waals surface area (Å²) in [6.07, 6.45) is 0. The van der Waals surface area contributed by atoms with Crippen LogP contribution in [0.1, 0.15) is 22.3 Å². The summed E-state index contributed by atoms with van der Waals surface area (Å²) in [7, 11) is 0. The number of aromatic nitrogens is 3. The van der Waals surface area contributed by atoms with Crippen molar-refractivity contribution >= 4 is 31.5 Å². The summed E-state index contributed by atoms with van der Waals surface area (Å²) in [5, 5.41) is 2.42. The Bertz CT molecular complexity index is 3420. The van der Waals surface area contributed by atoms with Gasteiger partial charge < -0.3 is 0 Å². The highest BCUT2D eigenvalue weighted by molar-refractivity contribution is 7.25. The zero-order chi connectivity index (χ0) is 41.0. The first-order chi connectivity index (χ1) is 30.7. The van der Waals surface area contributed by atoms with Crippen molar-refractivity contribution in [2.75, 3.05) is 0 Å². The molecule has 0 amide bonds. The Morgan fingerprint density at radius 3 is 1.35 bits per heavy atom. The molecule has 4 heteroatoms. The predicted octanol–water partition coefficient (Wildman–Crippen LogP) is 14.9. The second kappa shape index (κ2) is 14.7. The van der Waals surface area contributed by atoms with Gasteiger partial charge in [0.2, 0.25) is 0 Å². The maximum Gasteiger partial charge on any atom is 0.164 e. The second-order valence-corrected chi connectivity index (χ2v) is 17.0. The number of hydrogen-bond acceptors (Lipinski definition) is 4. The summed E-state index contributed by atoms with van der Waals surface area (Å²) in [6.45, 7) is 0. The fourth-order valence-electron chi connectivity index (χ4n) is 9.56. The van der Waals surface area contributed by atoms with Gasteiger partial charge in [-0.05, 0) is 98.1 Å². The van der Waals surface area contributed by atoms with Crippen LogP contribution in [0.5, 0.6) is 0 Å².